The van der Waals surface area contributed by atoms with Gasteiger partial charge in [0.2, 0.25) is 5.95 Å². The molecule has 38 heavy (non-hydrogen) atoms. The molecular weight excluding hydrogens is 519 g/mol. The molecule has 1 saturated heterocycles. The number of quaternary nitrogens is 1. The number of carboxylic acid groups (broad SMARTS) is 1. The molecule has 3 heterocycles. The summed E-state index contributed by atoms with van der Waals surface area (Å²) in [6.07, 6.45) is -1.95. The number of carbonyl (C=O) groups is 1. The molecular formula is C26H30F3N5O3S. The molecule has 0 spiro atoms. The molecule has 0 saturated carbocycles. The number of halogens is 3. The van der Waals surface area contributed by atoms with Gasteiger partial charge in [-0.15, -0.1) is 11.3 Å². The van der Waals surface area contributed by atoms with E-state index >= 15 is 0 Å². The maximum atomic E-state index is 13.0. The Morgan fingerprint density at radius 1 is 1.16 bits per heavy atom. The SMILES string of the molecule is Cc1cc(Nc2nccc(C(F)(F)F)n2)cc(-c2cnc([C@@]3(O)CCC[N+](C(=O)[O-])(C(C)(C)C)CC3)s2)c1. The number of hydrogen-bond donors (Lipinski definition) is 2. The van der Waals surface area contributed by atoms with Crippen LogP contribution in [0.25, 0.3) is 10.4 Å². The maximum absolute atomic E-state index is 13.0. The Balaban J connectivity index is 1.59. The van der Waals surface area contributed by atoms with Crippen LogP contribution in [0.5, 0.6) is 0 Å². The number of nitrogens with one attached hydrogen (secondary N) is 1. The van der Waals surface area contributed by atoms with E-state index in [1.165, 1.54) is 11.3 Å². The van der Waals surface area contributed by atoms with Crippen molar-refractivity contribution in [1.29, 1.82) is 0 Å². The third-order valence-electron chi connectivity index (χ3n) is 7.14. The van der Waals surface area contributed by atoms with Crippen molar-refractivity contribution >= 4 is 29.1 Å². The zero-order valence-corrected chi connectivity index (χ0v) is 22.4. The highest BCUT2D eigenvalue weighted by Gasteiger charge is 2.48. The van der Waals surface area contributed by atoms with Gasteiger partial charge in [0.05, 0.1) is 23.5 Å². The van der Waals surface area contributed by atoms with E-state index in [0.29, 0.717) is 30.1 Å². The smallest absolute Gasteiger partial charge is 0.433 e. The summed E-state index contributed by atoms with van der Waals surface area (Å²) in [5.41, 5.74) is -0.799. The second-order valence-electron chi connectivity index (χ2n) is 10.7. The number of alkyl halides is 3. The number of hydrogen-bond acceptors (Lipinski definition) is 8. The van der Waals surface area contributed by atoms with Crippen LogP contribution < -0.4 is 10.4 Å². The Bertz CT molecular complexity index is 1340. The maximum Gasteiger partial charge on any atom is 0.433 e. The normalized spacial score (nSPS) is 22.6. The van der Waals surface area contributed by atoms with E-state index in [4.69, 9.17) is 0 Å². The number of amides is 1. The third kappa shape index (κ3) is 5.52. The van der Waals surface area contributed by atoms with Gasteiger partial charge in [0, 0.05) is 30.9 Å². The van der Waals surface area contributed by atoms with Gasteiger partial charge in [-0.3, -0.25) is 4.48 Å². The first-order valence-electron chi connectivity index (χ1n) is 12.2. The van der Waals surface area contributed by atoms with Crippen LogP contribution in [0.1, 0.15) is 56.3 Å². The van der Waals surface area contributed by atoms with Gasteiger partial charge in [-0.25, -0.2) is 15.0 Å². The third-order valence-corrected chi connectivity index (χ3v) is 8.38. The molecule has 4 rings (SSSR count). The van der Waals surface area contributed by atoms with Crippen LogP contribution in [-0.2, 0) is 11.8 Å². The number of aromatic nitrogens is 3. The number of nitrogens with zero attached hydrogens (tertiary/aromatic N) is 4. The minimum absolute atomic E-state index is 0.178. The Hall–Kier alpha value is -3.09. The van der Waals surface area contributed by atoms with Crippen LogP contribution in [0.2, 0.25) is 0 Å². The summed E-state index contributed by atoms with van der Waals surface area (Å²) in [5, 5.41) is 27.1. The van der Waals surface area contributed by atoms with Crippen molar-refractivity contribution in [2.75, 3.05) is 18.4 Å². The predicted octanol–water partition coefficient (Wildman–Crippen LogP) is 5.00. The van der Waals surface area contributed by atoms with Crippen LogP contribution >= 0.6 is 11.3 Å². The minimum atomic E-state index is -4.58. The summed E-state index contributed by atoms with van der Waals surface area (Å²) < 4.78 is 38.9. The molecule has 1 aliphatic rings. The highest BCUT2D eigenvalue weighted by Crippen LogP contribution is 2.42. The van der Waals surface area contributed by atoms with E-state index in [1.807, 2.05) is 33.8 Å². The number of aryl methyl sites for hydroxylation is 1. The highest BCUT2D eigenvalue weighted by atomic mass is 32.1. The summed E-state index contributed by atoms with van der Waals surface area (Å²) in [6, 6.07) is 6.23. The molecule has 2 N–H and O–H groups in total. The van der Waals surface area contributed by atoms with E-state index < -0.39 is 29.1 Å². The zero-order chi connectivity index (χ0) is 27.9. The lowest BCUT2D eigenvalue weighted by Gasteiger charge is -2.47. The molecule has 1 aromatic carbocycles. The molecule has 2 aromatic heterocycles. The van der Waals surface area contributed by atoms with Gasteiger partial charge in [0.1, 0.15) is 16.3 Å². The van der Waals surface area contributed by atoms with Crippen molar-refractivity contribution in [2.45, 2.75) is 64.3 Å². The van der Waals surface area contributed by atoms with Crippen molar-refractivity contribution < 1.29 is 32.7 Å². The molecule has 1 fully saturated rings. The number of likely N-dealkylation sites (tertiary alicyclic amines) is 1. The van der Waals surface area contributed by atoms with Crippen molar-refractivity contribution in [1.82, 2.24) is 15.0 Å². The van der Waals surface area contributed by atoms with Crippen LogP contribution in [0.15, 0.2) is 36.7 Å². The van der Waals surface area contributed by atoms with Crippen LogP contribution in [0.4, 0.5) is 29.6 Å². The average molecular weight is 550 g/mol. The van der Waals surface area contributed by atoms with E-state index in [1.54, 1.807) is 18.3 Å². The molecule has 1 amide bonds. The van der Waals surface area contributed by atoms with Gasteiger partial charge in [0.15, 0.2) is 0 Å². The van der Waals surface area contributed by atoms with E-state index in [2.05, 4.69) is 20.3 Å². The quantitative estimate of drug-likeness (QED) is 0.441. The summed E-state index contributed by atoms with van der Waals surface area (Å²) in [4.78, 5) is 24.9. The number of thiazole rings is 1. The largest absolute Gasteiger partial charge is 0.498 e. The summed E-state index contributed by atoms with van der Waals surface area (Å²) in [6.45, 7) is 8.02. The van der Waals surface area contributed by atoms with Gasteiger partial charge in [-0.05, 0) is 63.4 Å². The molecule has 1 unspecified atom stereocenters. The Morgan fingerprint density at radius 2 is 1.89 bits per heavy atom. The number of aliphatic hydroxyl groups is 1. The monoisotopic (exact) mass is 549 g/mol. The zero-order valence-electron chi connectivity index (χ0n) is 21.6. The topological polar surface area (TPSA) is 111 Å². The van der Waals surface area contributed by atoms with Gasteiger partial charge in [-0.2, -0.15) is 13.2 Å². The van der Waals surface area contributed by atoms with Gasteiger partial charge >= 0.3 is 6.18 Å². The van der Waals surface area contributed by atoms with E-state index in [-0.39, 0.29) is 23.4 Å². The van der Waals surface area contributed by atoms with Crippen LogP contribution in [0, 0.1) is 6.92 Å². The standard InChI is InChI=1S/C26H30F3N5O3S/c1-16-12-17(14-18(13-16)32-22-30-9-6-20(33-22)26(27,28)29)19-15-31-21(38-19)25(37)7-5-10-34(11-8-25,23(35)36)24(2,3)4/h6,9,12-15,37H,5,7-8,10-11H2,1-4H3,(H-,30,32,33,35,36)/t25-,34?/m1/s1. The lowest BCUT2D eigenvalue weighted by atomic mass is 9.95. The van der Waals surface area contributed by atoms with Crippen molar-refractivity contribution in [3.63, 3.8) is 0 Å². The first-order chi connectivity index (χ1) is 17.6. The molecule has 0 radical (unpaired) electrons. The molecule has 1 aliphatic heterocycles. The number of benzene rings is 1. The summed E-state index contributed by atoms with van der Waals surface area (Å²) >= 11 is 1.31. The van der Waals surface area contributed by atoms with Crippen LogP contribution in [-0.4, -0.2) is 49.3 Å². The summed E-state index contributed by atoms with van der Waals surface area (Å²) in [7, 11) is 0. The molecule has 2 atom stereocenters. The van der Waals surface area contributed by atoms with Crippen molar-refractivity contribution in [3.8, 4) is 10.4 Å². The van der Waals surface area contributed by atoms with E-state index in [9.17, 15) is 28.2 Å². The van der Waals surface area contributed by atoms with Crippen LogP contribution in [0.3, 0.4) is 0 Å². The van der Waals surface area contributed by atoms with E-state index in [0.717, 1.165) is 28.3 Å². The lowest BCUT2D eigenvalue weighted by molar-refractivity contribution is -0.919. The first-order valence-corrected chi connectivity index (χ1v) is 13.0. The molecule has 0 aliphatic carbocycles. The average Bonchev–Trinajstić information content (AvgIpc) is 3.23. The molecule has 3 aromatic rings. The molecule has 12 heteroatoms. The molecule has 0 bridgehead atoms. The summed E-state index contributed by atoms with van der Waals surface area (Å²) in [5.74, 6) is -0.178. The lowest BCUT2D eigenvalue weighted by Crippen LogP contribution is -2.68. The Kier molecular flexibility index (Phi) is 7.28. The predicted molar refractivity (Wildman–Crippen MR) is 135 cm³/mol. The fraction of sp³-hybridized carbons (Fsp3) is 0.462. The molecule has 8 nitrogen and oxygen atoms in total. The fourth-order valence-corrected chi connectivity index (χ4v) is 5.97. The van der Waals surface area contributed by atoms with Gasteiger partial charge < -0.3 is 20.3 Å². The Morgan fingerprint density at radius 3 is 2.55 bits per heavy atom. The van der Waals surface area contributed by atoms with Gasteiger partial charge in [0.25, 0.3) is 6.09 Å². The Labute approximate surface area is 222 Å². The molecule has 204 valence electrons. The number of anilines is 2. The van der Waals surface area contributed by atoms with Crippen molar-refractivity contribution in [2.24, 2.45) is 0 Å². The number of rotatable bonds is 4. The second kappa shape index (κ2) is 9.90. The van der Waals surface area contributed by atoms with Gasteiger partial charge in [-0.1, -0.05) is 6.07 Å². The highest BCUT2D eigenvalue weighted by molar-refractivity contribution is 7.15. The first kappa shape index (κ1) is 27.9. The second-order valence-corrected chi connectivity index (χ2v) is 11.8. The van der Waals surface area contributed by atoms with Crippen molar-refractivity contribution in [3.05, 3.63) is 52.9 Å². The number of carbonyl (C=O) groups excluding carboxylic acids is 1. The fourth-order valence-electron chi connectivity index (χ4n) is 4.92. The minimum Gasteiger partial charge on any atom is -0.498 e.